The molecule has 4 aromatic rings. The van der Waals surface area contributed by atoms with Gasteiger partial charge in [0.2, 0.25) is 5.91 Å². The van der Waals surface area contributed by atoms with Gasteiger partial charge in [-0.3, -0.25) is 19.7 Å². The quantitative estimate of drug-likeness (QED) is 0.213. The molecular formula is C29H27ClN4O4. The molecule has 0 atom stereocenters. The first kappa shape index (κ1) is 25.5. The maximum absolute atomic E-state index is 13.7. The predicted molar refractivity (Wildman–Crippen MR) is 146 cm³/mol. The highest BCUT2D eigenvalue weighted by Crippen LogP contribution is 2.31. The number of nitrogens with zero attached hydrogens (tertiary/aromatic N) is 3. The predicted octanol–water partition coefficient (Wildman–Crippen LogP) is 5.61. The summed E-state index contributed by atoms with van der Waals surface area (Å²) in [5, 5.41) is 12.2. The van der Waals surface area contributed by atoms with Crippen LogP contribution in [0, 0.1) is 10.1 Å². The number of hydrogen-bond acceptors (Lipinski definition) is 4. The van der Waals surface area contributed by atoms with Crippen molar-refractivity contribution in [1.29, 1.82) is 0 Å². The van der Waals surface area contributed by atoms with Crippen LogP contribution in [0.15, 0.2) is 79.0 Å². The average Bonchev–Trinajstić information content (AvgIpc) is 3.69. The van der Waals surface area contributed by atoms with Gasteiger partial charge in [0.15, 0.2) is 0 Å². The topological polar surface area (TPSA) is 99.5 Å². The maximum Gasteiger partial charge on any atom is 0.270 e. The summed E-state index contributed by atoms with van der Waals surface area (Å²) < 4.78 is 0. The first-order valence-electron chi connectivity index (χ1n) is 12.5. The SMILES string of the molecule is O=C(CN(C(=O)c1ccc([N+](=O)[O-])cc1Cl)C1CC1)N(CCc1c[nH]c2ccccc12)Cc1ccccc1. The molecule has 0 bridgehead atoms. The molecule has 1 heterocycles. The number of nitro benzene ring substituents is 1. The summed E-state index contributed by atoms with van der Waals surface area (Å²) in [5.41, 5.74) is 3.15. The molecule has 3 aromatic carbocycles. The van der Waals surface area contributed by atoms with Crippen LogP contribution >= 0.6 is 11.6 Å². The van der Waals surface area contributed by atoms with Gasteiger partial charge in [0, 0.05) is 48.4 Å². The third-order valence-corrected chi connectivity index (χ3v) is 7.16. The zero-order valence-electron chi connectivity index (χ0n) is 20.7. The molecule has 0 saturated heterocycles. The Bertz CT molecular complexity index is 1480. The third-order valence-electron chi connectivity index (χ3n) is 6.84. The van der Waals surface area contributed by atoms with Crippen molar-refractivity contribution < 1.29 is 14.5 Å². The Labute approximate surface area is 225 Å². The lowest BCUT2D eigenvalue weighted by Crippen LogP contribution is -2.44. The molecule has 2 amide bonds. The van der Waals surface area contributed by atoms with Gasteiger partial charge in [0.1, 0.15) is 6.54 Å². The van der Waals surface area contributed by atoms with E-state index in [0.717, 1.165) is 34.9 Å². The number of fused-ring (bicyclic) bond motifs is 1. The summed E-state index contributed by atoms with van der Waals surface area (Å²) in [7, 11) is 0. The standard InChI is InChI=1S/C29H27ClN4O4/c30-26-16-23(34(37)38)12-13-25(26)29(36)33(22-10-11-22)19-28(35)32(18-20-6-2-1-3-7-20)15-14-21-17-31-27-9-5-4-8-24(21)27/h1-9,12-13,16-17,22,31H,10-11,14-15,18-19H2. The summed E-state index contributed by atoms with van der Waals surface area (Å²) >= 11 is 6.25. The Morgan fingerprint density at radius 2 is 1.76 bits per heavy atom. The molecule has 194 valence electrons. The second kappa shape index (κ2) is 11.1. The van der Waals surface area contributed by atoms with Crippen molar-refractivity contribution in [2.24, 2.45) is 0 Å². The highest BCUT2D eigenvalue weighted by Gasteiger charge is 2.36. The molecule has 1 N–H and O–H groups in total. The number of nitro groups is 1. The van der Waals surface area contributed by atoms with E-state index >= 15 is 0 Å². The lowest BCUT2D eigenvalue weighted by atomic mass is 10.1. The Morgan fingerprint density at radius 1 is 1.03 bits per heavy atom. The van der Waals surface area contributed by atoms with Gasteiger partial charge in [-0.2, -0.15) is 0 Å². The van der Waals surface area contributed by atoms with E-state index in [4.69, 9.17) is 11.6 Å². The summed E-state index contributed by atoms with van der Waals surface area (Å²) in [6.07, 6.45) is 4.25. The van der Waals surface area contributed by atoms with E-state index < -0.39 is 10.8 Å². The van der Waals surface area contributed by atoms with E-state index in [2.05, 4.69) is 11.1 Å². The summed E-state index contributed by atoms with van der Waals surface area (Å²) in [5.74, 6) is -0.552. The van der Waals surface area contributed by atoms with E-state index in [-0.39, 0.29) is 34.8 Å². The lowest BCUT2D eigenvalue weighted by Gasteiger charge is -2.28. The van der Waals surface area contributed by atoms with Crippen LogP contribution in [0.25, 0.3) is 10.9 Å². The van der Waals surface area contributed by atoms with Gasteiger partial charge in [0.25, 0.3) is 11.6 Å². The molecule has 1 aromatic heterocycles. The number of halogens is 1. The maximum atomic E-state index is 13.7. The highest BCUT2D eigenvalue weighted by molar-refractivity contribution is 6.34. The first-order chi connectivity index (χ1) is 18.4. The van der Waals surface area contributed by atoms with Gasteiger partial charge < -0.3 is 14.8 Å². The van der Waals surface area contributed by atoms with Crippen LogP contribution in [-0.4, -0.2) is 50.7 Å². The van der Waals surface area contributed by atoms with Gasteiger partial charge in [-0.1, -0.05) is 60.1 Å². The molecule has 0 spiro atoms. The smallest absolute Gasteiger partial charge is 0.270 e. The number of non-ortho nitro benzene ring substituents is 1. The molecule has 1 fully saturated rings. The number of H-pyrrole nitrogens is 1. The van der Waals surface area contributed by atoms with Crippen molar-refractivity contribution in [3.63, 3.8) is 0 Å². The molecular weight excluding hydrogens is 504 g/mol. The fourth-order valence-electron chi connectivity index (χ4n) is 4.63. The minimum Gasteiger partial charge on any atom is -0.361 e. The molecule has 1 saturated carbocycles. The minimum absolute atomic E-state index is 0.00257. The monoisotopic (exact) mass is 530 g/mol. The molecule has 0 aliphatic heterocycles. The lowest BCUT2D eigenvalue weighted by molar-refractivity contribution is -0.384. The number of nitrogens with one attached hydrogen (secondary N) is 1. The number of aromatic amines is 1. The number of amides is 2. The summed E-state index contributed by atoms with van der Waals surface area (Å²) in [6.45, 7) is 0.825. The Hall–Kier alpha value is -4.17. The summed E-state index contributed by atoms with van der Waals surface area (Å²) in [4.78, 5) is 44.3. The molecule has 5 rings (SSSR count). The van der Waals surface area contributed by atoms with Gasteiger partial charge in [-0.15, -0.1) is 0 Å². The Morgan fingerprint density at radius 3 is 2.47 bits per heavy atom. The van der Waals surface area contributed by atoms with Crippen molar-refractivity contribution >= 4 is 40.0 Å². The molecule has 38 heavy (non-hydrogen) atoms. The van der Waals surface area contributed by atoms with Crippen LogP contribution < -0.4 is 0 Å². The van der Waals surface area contributed by atoms with Crippen molar-refractivity contribution in [1.82, 2.24) is 14.8 Å². The van der Waals surface area contributed by atoms with Crippen molar-refractivity contribution in [3.8, 4) is 0 Å². The fourth-order valence-corrected chi connectivity index (χ4v) is 4.89. The Balaban J connectivity index is 1.35. The zero-order valence-corrected chi connectivity index (χ0v) is 21.4. The number of para-hydroxylation sites is 1. The highest BCUT2D eigenvalue weighted by atomic mass is 35.5. The van der Waals surface area contributed by atoms with E-state index in [0.29, 0.717) is 19.5 Å². The first-order valence-corrected chi connectivity index (χ1v) is 12.9. The molecule has 8 nitrogen and oxygen atoms in total. The van der Waals surface area contributed by atoms with Crippen LogP contribution in [0.4, 0.5) is 5.69 Å². The van der Waals surface area contributed by atoms with Gasteiger partial charge in [-0.25, -0.2) is 0 Å². The van der Waals surface area contributed by atoms with Crippen molar-refractivity contribution in [2.45, 2.75) is 31.8 Å². The van der Waals surface area contributed by atoms with Crippen LogP contribution in [-0.2, 0) is 17.8 Å². The van der Waals surface area contributed by atoms with Crippen molar-refractivity contribution in [2.75, 3.05) is 13.1 Å². The number of aromatic nitrogens is 1. The number of benzene rings is 3. The second-order valence-electron chi connectivity index (χ2n) is 9.50. The van der Waals surface area contributed by atoms with Gasteiger partial charge in [-0.05, 0) is 42.5 Å². The van der Waals surface area contributed by atoms with Crippen LogP contribution in [0.1, 0.15) is 34.3 Å². The normalized spacial score (nSPS) is 12.9. The minimum atomic E-state index is -0.558. The fraction of sp³-hybridized carbons (Fsp3) is 0.241. The number of carbonyl (C=O) groups excluding carboxylic acids is 2. The van der Waals surface area contributed by atoms with E-state index in [1.807, 2.05) is 54.7 Å². The summed E-state index contributed by atoms with van der Waals surface area (Å²) in [6, 6.07) is 21.6. The van der Waals surface area contributed by atoms with E-state index in [1.165, 1.54) is 18.2 Å². The van der Waals surface area contributed by atoms with E-state index in [9.17, 15) is 19.7 Å². The van der Waals surface area contributed by atoms with Gasteiger partial charge in [0.05, 0.1) is 15.5 Å². The second-order valence-corrected chi connectivity index (χ2v) is 9.90. The molecule has 0 unspecified atom stereocenters. The third kappa shape index (κ3) is 5.70. The average molecular weight is 531 g/mol. The molecule has 0 radical (unpaired) electrons. The van der Waals surface area contributed by atoms with Gasteiger partial charge >= 0.3 is 0 Å². The molecule has 1 aliphatic rings. The number of hydrogen-bond donors (Lipinski definition) is 1. The molecule has 1 aliphatic carbocycles. The van der Waals surface area contributed by atoms with Crippen molar-refractivity contribution in [3.05, 3.63) is 111 Å². The van der Waals surface area contributed by atoms with E-state index in [1.54, 1.807) is 9.80 Å². The van der Waals surface area contributed by atoms with Crippen LogP contribution in [0.3, 0.4) is 0 Å². The zero-order chi connectivity index (χ0) is 26.6. The van der Waals surface area contributed by atoms with Crippen LogP contribution in [0.2, 0.25) is 5.02 Å². The number of carbonyl (C=O) groups is 2. The largest absolute Gasteiger partial charge is 0.361 e. The molecule has 9 heteroatoms. The number of rotatable bonds is 10. The van der Waals surface area contributed by atoms with Crippen LogP contribution in [0.5, 0.6) is 0 Å². The Kier molecular flexibility index (Phi) is 7.42.